The highest BCUT2D eigenvalue weighted by atomic mass is 31.2. The lowest BCUT2D eigenvalue weighted by Gasteiger charge is -2.30. The number of hydrogen-bond donors (Lipinski definition) is 1. The fraction of sp³-hybridized carbons (Fsp3) is 0.761. The van der Waals surface area contributed by atoms with E-state index >= 15 is 0 Å². The molecule has 0 spiro atoms. The molecule has 0 aliphatic heterocycles. The Bertz CT molecular complexity index is 1590. The van der Waals surface area contributed by atoms with Gasteiger partial charge < -0.3 is 28.5 Å². The number of hydrogen-bond acceptors (Lipinski definition) is 7. The van der Waals surface area contributed by atoms with Gasteiger partial charge in [-0.3, -0.25) is 14.2 Å². The standard InChI is InChI=1S/C67H121N2O7P/c1-7-10-13-16-19-22-25-28-30-32-34-36-38-41-44-47-50-53-56-59-66(70)68-64(63-75-77(72,73)74-62-61-69(4,5)6)65(58-55-52-49-46-43-40-27-24-21-18-15-12-9-3)76-67(71)60-57-54-51-48-45-42-39-37-35-33-31-29-26-23-20-17-14-11-8-2/h19-20,22-23,28-31,34-37,55,58,64-65H,7-18,21,24-27,32-33,38-54,56-57,59-63H2,1-6H3,(H-,68,70,72,73)/b22-19-,23-20-,30-28-,31-29-,36-34-,37-35-,58-55+. The number of carbonyl (C=O) groups is 2. The monoisotopic (exact) mass is 1100 g/mol. The van der Waals surface area contributed by atoms with Gasteiger partial charge in [-0.15, -0.1) is 0 Å². The molecule has 0 saturated carbocycles. The van der Waals surface area contributed by atoms with Crippen LogP contribution in [0.3, 0.4) is 0 Å². The van der Waals surface area contributed by atoms with Gasteiger partial charge in [-0.05, 0) is 109 Å². The molecule has 0 aromatic heterocycles. The molecule has 446 valence electrons. The van der Waals surface area contributed by atoms with E-state index in [1.54, 1.807) is 0 Å². The Labute approximate surface area is 476 Å². The van der Waals surface area contributed by atoms with E-state index in [1.807, 2.05) is 33.3 Å². The van der Waals surface area contributed by atoms with Crippen LogP contribution in [0.25, 0.3) is 0 Å². The zero-order valence-corrected chi connectivity index (χ0v) is 51.8. The molecule has 1 N–H and O–H groups in total. The number of nitrogens with one attached hydrogen (secondary N) is 1. The molecule has 0 aliphatic carbocycles. The first-order chi connectivity index (χ1) is 37.4. The molecule has 0 rings (SSSR count). The molecular weight excluding hydrogens is 976 g/mol. The molecule has 3 atom stereocenters. The molecule has 1 amide bonds. The van der Waals surface area contributed by atoms with Crippen LogP contribution in [0, 0.1) is 0 Å². The van der Waals surface area contributed by atoms with Crippen molar-refractivity contribution in [2.45, 2.75) is 290 Å². The first-order valence-electron chi connectivity index (χ1n) is 31.9. The minimum absolute atomic E-state index is 0.0307. The van der Waals surface area contributed by atoms with Gasteiger partial charge in [-0.2, -0.15) is 0 Å². The zero-order valence-electron chi connectivity index (χ0n) is 50.9. The van der Waals surface area contributed by atoms with E-state index in [0.717, 1.165) is 128 Å². The zero-order chi connectivity index (χ0) is 56.4. The van der Waals surface area contributed by atoms with Gasteiger partial charge in [-0.1, -0.05) is 241 Å². The van der Waals surface area contributed by atoms with Crippen LogP contribution < -0.4 is 10.2 Å². The molecule has 0 bridgehead atoms. The minimum atomic E-state index is -4.71. The van der Waals surface area contributed by atoms with Crippen LogP contribution >= 0.6 is 7.82 Å². The first-order valence-corrected chi connectivity index (χ1v) is 33.4. The van der Waals surface area contributed by atoms with E-state index in [2.05, 4.69) is 99.0 Å². The summed E-state index contributed by atoms with van der Waals surface area (Å²) in [7, 11) is 1.16. The average Bonchev–Trinajstić information content (AvgIpc) is 3.39. The van der Waals surface area contributed by atoms with Crippen LogP contribution in [0.1, 0.15) is 278 Å². The quantitative estimate of drug-likeness (QED) is 0.0212. The molecule has 0 aromatic rings. The molecule has 0 saturated heterocycles. The number of esters is 1. The van der Waals surface area contributed by atoms with Gasteiger partial charge >= 0.3 is 5.97 Å². The molecule has 0 aliphatic rings. The van der Waals surface area contributed by atoms with Crippen LogP contribution in [0.5, 0.6) is 0 Å². The van der Waals surface area contributed by atoms with Crippen molar-refractivity contribution in [3.05, 3.63) is 85.1 Å². The van der Waals surface area contributed by atoms with Crippen molar-refractivity contribution in [1.29, 1.82) is 0 Å². The molecule has 10 heteroatoms. The van der Waals surface area contributed by atoms with Crippen LogP contribution in [-0.4, -0.2) is 69.4 Å². The number of phosphoric acid groups is 1. The number of nitrogens with zero attached hydrogens (tertiary/aromatic N) is 1. The fourth-order valence-corrected chi connectivity index (χ4v) is 9.55. The Kier molecular flexibility index (Phi) is 54.4. The van der Waals surface area contributed by atoms with E-state index in [9.17, 15) is 19.0 Å². The van der Waals surface area contributed by atoms with Crippen molar-refractivity contribution < 1.29 is 37.3 Å². The van der Waals surface area contributed by atoms with Crippen LogP contribution in [0.2, 0.25) is 0 Å². The molecule has 3 unspecified atom stereocenters. The number of amides is 1. The molecule has 9 nitrogen and oxygen atoms in total. The van der Waals surface area contributed by atoms with Crippen molar-refractivity contribution in [3.63, 3.8) is 0 Å². The Morgan fingerprint density at radius 1 is 0.455 bits per heavy atom. The summed E-state index contributed by atoms with van der Waals surface area (Å²) >= 11 is 0. The maximum atomic E-state index is 13.5. The molecule has 0 radical (unpaired) electrons. The normalized spacial score (nSPS) is 14.2. The Morgan fingerprint density at radius 3 is 1.21 bits per heavy atom. The van der Waals surface area contributed by atoms with Crippen molar-refractivity contribution in [2.75, 3.05) is 40.9 Å². The summed E-state index contributed by atoms with van der Waals surface area (Å²) in [6.07, 6.45) is 73.9. The summed E-state index contributed by atoms with van der Waals surface area (Å²) < 4.78 is 30.3. The summed E-state index contributed by atoms with van der Waals surface area (Å²) in [6, 6.07) is -0.905. The van der Waals surface area contributed by atoms with E-state index in [-0.39, 0.29) is 24.9 Å². The maximum Gasteiger partial charge on any atom is 0.306 e. The third-order valence-corrected chi connectivity index (χ3v) is 14.8. The largest absolute Gasteiger partial charge is 0.756 e. The number of likely N-dealkylation sites (N-methyl/N-ethyl adjacent to an activating group) is 1. The summed E-state index contributed by atoms with van der Waals surface area (Å²) in [5.41, 5.74) is 0. The van der Waals surface area contributed by atoms with E-state index in [1.165, 1.54) is 109 Å². The summed E-state index contributed by atoms with van der Waals surface area (Å²) in [5.74, 6) is -0.569. The number of rotatable bonds is 57. The Balaban J connectivity index is 5.32. The number of phosphoric ester groups is 1. The van der Waals surface area contributed by atoms with Crippen LogP contribution in [-0.2, 0) is 27.9 Å². The highest BCUT2D eigenvalue weighted by Crippen LogP contribution is 2.38. The first kappa shape index (κ1) is 74.2. The van der Waals surface area contributed by atoms with Crippen molar-refractivity contribution in [1.82, 2.24) is 5.32 Å². The highest BCUT2D eigenvalue weighted by molar-refractivity contribution is 7.45. The van der Waals surface area contributed by atoms with Gasteiger partial charge in [0.15, 0.2) is 0 Å². The third-order valence-electron chi connectivity index (χ3n) is 13.8. The number of unbranched alkanes of at least 4 members (excludes halogenated alkanes) is 29. The third kappa shape index (κ3) is 57.7. The second-order valence-corrected chi connectivity index (χ2v) is 24.0. The van der Waals surface area contributed by atoms with E-state index in [0.29, 0.717) is 23.9 Å². The summed E-state index contributed by atoms with van der Waals surface area (Å²) in [6.45, 7) is 6.78. The van der Waals surface area contributed by atoms with E-state index in [4.69, 9.17) is 13.8 Å². The molecule has 0 aromatic carbocycles. The fourth-order valence-electron chi connectivity index (χ4n) is 8.83. The predicted molar refractivity (Wildman–Crippen MR) is 330 cm³/mol. The maximum absolute atomic E-state index is 13.5. The Morgan fingerprint density at radius 2 is 0.792 bits per heavy atom. The average molecular weight is 1100 g/mol. The van der Waals surface area contributed by atoms with Crippen molar-refractivity contribution in [2.24, 2.45) is 0 Å². The van der Waals surface area contributed by atoms with Gasteiger partial charge in [0.1, 0.15) is 19.3 Å². The van der Waals surface area contributed by atoms with Gasteiger partial charge in [-0.25, -0.2) is 0 Å². The summed E-state index contributed by atoms with van der Waals surface area (Å²) in [5, 5.41) is 3.02. The highest BCUT2D eigenvalue weighted by Gasteiger charge is 2.27. The Hall–Kier alpha value is -2.81. The minimum Gasteiger partial charge on any atom is -0.756 e. The second-order valence-electron chi connectivity index (χ2n) is 22.6. The lowest BCUT2D eigenvalue weighted by atomic mass is 10.0. The number of carbonyl (C=O) groups excluding carboxylic acids is 2. The number of quaternary nitrogens is 1. The SMILES string of the molecule is CCCCC/C=C\C/C=C\C/C=C\CCCCCCCCC(=O)NC(COP(=O)([O-])OCC[N+](C)(C)C)C(/C=C/CCCCCCCCCCCCC)OC(=O)CCCCCCCC/C=C\C/C=C\C/C=C\CCCCC. The van der Waals surface area contributed by atoms with Crippen molar-refractivity contribution >= 4 is 19.7 Å². The molecule has 0 heterocycles. The number of allylic oxidation sites excluding steroid dienone is 13. The van der Waals surface area contributed by atoms with Gasteiger partial charge in [0.25, 0.3) is 7.82 Å². The number of ether oxygens (including phenoxy) is 1. The van der Waals surface area contributed by atoms with Gasteiger partial charge in [0.2, 0.25) is 5.91 Å². The second kappa shape index (κ2) is 56.5. The molecular formula is C67H121N2O7P. The van der Waals surface area contributed by atoms with Crippen LogP contribution in [0.4, 0.5) is 0 Å². The summed E-state index contributed by atoms with van der Waals surface area (Å²) in [4.78, 5) is 40.0. The smallest absolute Gasteiger partial charge is 0.306 e. The van der Waals surface area contributed by atoms with E-state index < -0.39 is 26.6 Å². The van der Waals surface area contributed by atoms with Gasteiger partial charge in [0.05, 0.1) is 33.8 Å². The van der Waals surface area contributed by atoms with Crippen LogP contribution in [0.15, 0.2) is 85.1 Å². The lowest BCUT2D eigenvalue weighted by Crippen LogP contribution is -2.47. The lowest BCUT2D eigenvalue weighted by molar-refractivity contribution is -0.870. The molecule has 0 fully saturated rings. The molecule has 77 heavy (non-hydrogen) atoms. The predicted octanol–water partition coefficient (Wildman–Crippen LogP) is 19.1. The van der Waals surface area contributed by atoms with Crippen molar-refractivity contribution in [3.8, 4) is 0 Å². The van der Waals surface area contributed by atoms with Gasteiger partial charge in [0, 0.05) is 12.8 Å². The topological polar surface area (TPSA) is 114 Å².